The molecule has 3 aromatic rings. The predicted octanol–water partition coefficient (Wildman–Crippen LogP) is 4.59. The Hall–Kier alpha value is -1.73. The van der Waals surface area contributed by atoms with Gasteiger partial charge in [-0.05, 0) is 30.0 Å². The molecule has 4 rings (SSSR count). The highest BCUT2D eigenvalue weighted by atomic mass is 35.5. The smallest absolute Gasteiger partial charge is 0.0651 e. The van der Waals surface area contributed by atoms with E-state index in [0.717, 1.165) is 23.4 Å². The quantitative estimate of drug-likeness (QED) is 0.603. The van der Waals surface area contributed by atoms with Crippen LogP contribution in [0.1, 0.15) is 11.1 Å². The number of aromatic nitrogens is 1. The Bertz CT molecular complexity index is 755. The third kappa shape index (κ3) is 1.28. The van der Waals surface area contributed by atoms with Crippen LogP contribution in [0.2, 0.25) is 5.02 Å². The zero-order chi connectivity index (χ0) is 12.1. The number of rotatable bonds is 0. The van der Waals surface area contributed by atoms with E-state index in [1.807, 2.05) is 12.1 Å². The normalized spacial score (nSPS) is 13.4. The first-order chi connectivity index (χ1) is 8.84. The molecule has 0 saturated carbocycles. The molecule has 0 bridgehead atoms. The first kappa shape index (κ1) is 10.2. The van der Waals surface area contributed by atoms with Gasteiger partial charge in [0.05, 0.1) is 16.2 Å². The number of aryl methyl sites for hydroxylation is 2. The molecule has 0 unspecified atom stereocenters. The topological polar surface area (TPSA) is 15.8 Å². The summed E-state index contributed by atoms with van der Waals surface area (Å²) in [5.74, 6) is 0. The first-order valence-corrected chi connectivity index (χ1v) is 6.60. The summed E-state index contributed by atoms with van der Waals surface area (Å²) in [6.07, 6.45) is 2.20. The van der Waals surface area contributed by atoms with Crippen molar-refractivity contribution >= 4 is 22.5 Å². The maximum Gasteiger partial charge on any atom is 0.0651 e. The number of hydrogen-bond acceptors (Lipinski definition) is 0. The average Bonchev–Trinajstić information content (AvgIpc) is 2.79. The summed E-state index contributed by atoms with van der Waals surface area (Å²) in [5, 5.41) is 2.08. The van der Waals surface area contributed by atoms with Crippen LogP contribution in [-0.2, 0) is 12.8 Å². The molecule has 2 aromatic carbocycles. The van der Waals surface area contributed by atoms with Gasteiger partial charge in [0, 0.05) is 10.9 Å². The minimum absolute atomic E-state index is 0.805. The number of benzene rings is 2. The largest absolute Gasteiger partial charge is 0.353 e. The van der Waals surface area contributed by atoms with E-state index in [0.29, 0.717) is 0 Å². The van der Waals surface area contributed by atoms with E-state index in [1.54, 1.807) is 0 Å². The number of aromatic amines is 1. The van der Waals surface area contributed by atoms with Crippen molar-refractivity contribution in [1.82, 2.24) is 4.98 Å². The van der Waals surface area contributed by atoms with Crippen molar-refractivity contribution in [1.29, 1.82) is 0 Å². The Morgan fingerprint density at radius 2 is 1.83 bits per heavy atom. The van der Waals surface area contributed by atoms with Crippen molar-refractivity contribution < 1.29 is 0 Å². The van der Waals surface area contributed by atoms with Crippen LogP contribution in [0.25, 0.3) is 22.2 Å². The molecule has 2 heteroatoms. The van der Waals surface area contributed by atoms with Crippen LogP contribution >= 0.6 is 11.6 Å². The third-order valence-corrected chi connectivity index (χ3v) is 4.14. The molecule has 1 nitrogen and oxygen atoms in total. The van der Waals surface area contributed by atoms with Crippen molar-refractivity contribution in [2.75, 3.05) is 0 Å². The highest BCUT2D eigenvalue weighted by Crippen LogP contribution is 2.38. The highest BCUT2D eigenvalue weighted by molar-refractivity contribution is 6.35. The van der Waals surface area contributed by atoms with Gasteiger partial charge in [-0.2, -0.15) is 0 Å². The lowest BCUT2D eigenvalue weighted by molar-refractivity contribution is 0.948. The van der Waals surface area contributed by atoms with Gasteiger partial charge in [0.2, 0.25) is 0 Å². The van der Waals surface area contributed by atoms with Crippen molar-refractivity contribution in [2.24, 2.45) is 0 Å². The van der Waals surface area contributed by atoms with Crippen LogP contribution in [0.3, 0.4) is 0 Å². The Labute approximate surface area is 110 Å². The number of fused-ring (bicyclic) bond motifs is 5. The van der Waals surface area contributed by atoms with Gasteiger partial charge in [-0.15, -0.1) is 0 Å². The summed E-state index contributed by atoms with van der Waals surface area (Å²) < 4.78 is 0. The molecule has 1 aromatic heterocycles. The van der Waals surface area contributed by atoms with Crippen LogP contribution in [0.15, 0.2) is 42.5 Å². The molecule has 0 atom stereocenters. The van der Waals surface area contributed by atoms with Crippen molar-refractivity contribution in [3.63, 3.8) is 0 Å². The number of H-pyrrole nitrogens is 1. The second kappa shape index (κ2) is 3.63. The molecule has 0 saturated heterocycles. The minimum atomic E-state index is 0.805. The van der Waals surface area contributed by atoms with Gasteiger partial charge in [0.15, 0.2) is 0 Å². The van der Waals surface area contributed by atoms with Gasteiger partial charge < -0.3 is 4.98 Å². The van der Waals surface area contributed by atoms with Gasteiger partial charge in [-0.1, -0.05) is 48.0 Å². The van der Waals surface area contributed by atoms with Crippen LogP contribution < -0.4 is 0 Å². The van der Waals surface area contributed by atoms with Crippen LogP contribution in [0.4, 0.5) is 0 Å². The highest BCUT2D eigenvalue weighted by Gasteiger charge is 2.20. The molecule has 0 fully saturated rings. The molecular formula is C16H12ClN. The van der Waals surface area contributed by atoms with Gasteiger partial charge in [-0.3, -0.25) is 0 Å². The number of para-hydroxylation sites is 1. The maximum atomic E-state index is 6.27. The second-order valence-electron chi connectivity index (χ2n) is 4.80. The predicted molar refractivity (Wildman–Crippen MR) is 76.2 cm³/mol. The van der Waals surface area contributed by atoms with E-state index < -0.39 is 0 Å². The maximum absolute atomic E-state index is 6.27. The molecule has 18 heavy (non-hydrogen) atoms. The number of hydrogen-bond donors (Lipinski definition) is 1. The van der Waals surface area contributed by atoms with Gasteiger partial charge in [0.25, 0.3) is 0 Å². The van der Waals surface area contributed by atoms with Crippen LogP contribution in [0, 0.1) is 0 Å². The Balaban J connectivity index is 2.11. The fourth-order valence-corrected chi connectivity index (χ4v) is 3.19. The lowest BCUT2D eigenvalue weighted by Crippen LogP contribution is -2.02. The Morgan fingerprint density at radius 3 is 2.78 bits per heavy atom. The summed E-state index contributed by atoms with van der Waals surface area (Å²) in [4.78, 5) is 3.51. The van der Waals surface area contributed by atoms with Crippen molar-refractivity contribution in [3.8, 4) is 11.3 Å². The van der Waals surface area contributed by atoms with E-state index in [-0.39, 0.29) is 0 Å². The van der Waals surface area contributed by atoms with Gasteiger partial charge in [0.1, 0.15) is 0 Å². The monoisotopic (exact) mass is 253 g/mol. The summed E-state index contributed by atoms with van der Waals surface area (Å²) in [5.41, 5.74) is 6.48. The number of halogens is 1. The summed E-state index contributed by atoms with van der Waals surface area (Å²) in [6, 6.07) is 14.7. The number of nitrogens with one attached hydrogen (secondary N) is 1. The van der Waals surface area contributed by atoms with Crippen molar-refractivity contribution in [2.45, 2.75) is 12.8 Å². The van der Waals surface area contributed by atoms with E-state index in [1.165, 1.54) is 27.8 Å². The Kier molecular flexibility index (Phi) is 2.06. The molecule has 1 aliphatic rings. The molecule has 1 aliphatic carbocycles. The van der Waals surface area contributed by atoms with E-state index in [2.05, 4.69) is 35.3 Å². The van der Waals surface area contributed by atoms with Crippen LogP contribution in [0.5, 0.6) is 0 Å². The third-order valence-electron chi connectivity index (χ3n) is 3.82. The van der Waals surface area contributed by atoms with E-state index in [9.17, 15) is 0 Å². The fourth-order valence-electron chi connectivity index (χ4n) is 2.97. The summed E-state index contributed by atoms with van der Waals surface area (Å²) >= 11 is 6.27. The molecule has 1 N–H and O–H groups in total. The molecule has 0 spiro atoms. The average molecular weight is 254 g/mol. The fraction of sp³-hybridized carbons (Fsp3) is 0.125. The molecule has 0 aliphatic heterocycles. The second-order valence-corrected chi connectivity index (χ2v) is 5.21. The summed E-state index contributed by atoms with van der Waals surface area (Å²) in [6.45, 7) is 0. The lowest BCUT2D eigenvalue weighted by Gasteiger charge is -2.16. The zero-order valence-electron chi connectivity index (χ0n) is 9.83. The summed E-state index contributed by atoms with van der Waals surface area (Å²) in [7, 11) is 0. The standard InChI is InChI=1S/C16H12ClN/c17-14-7-3-6-12-13-9-8-10-4-1-2-5-11(10)15(13)18-16(12)14/h1-7,18H,8-9H2. The van der Waals surface area contributed by atoms with E-state index >= 15 is 0 Å². The minimum Gasteiger partial charge on any atom is -0.353 e. The molecule has 0 amide bonds. The molecule has 0 radical (unpaired) electrons. The molecule has 88 valence electrons. The first-order valence-electron chi connectivity index (χ1n) is 6.22. The Morgan fingerprint density at radius 1 is 0.944 bits per heavy atom. The SMILES string of the molecule is Clc1cccc2c3c([nH]c12)-c1ccccc1CC3. The zero-order valence-corrected chi connectivity index (χ0v) is 10.6. The van der Waals surface area contributed by atoms with Gasteiger partial charge >= 0.3 is 0 Å². The van der Waals surface area contributed by atoms with E-state index in [4.69, 9.17) is 11.6 Å². The lowest BCUT2D eigenvalue weighted by atomic mass is 9.89. The van der Waals surface area contributed by atoms with Gasteiger partial charge in [-0.25, -0.2) is 0 Å². The van der Waals surface area contributed by atoms with Crippen molar-refractivity contribution in [3.05, 3.63) is 58.6 Å². The van der Waals surface area contributed by atoms with Crippen LogP contribution in [-0.4, -0.2) is 4.98 Å². The molecule has 1 heterocycles. The molecular weight excluding hydrogens is 242 g/mol.